The summed E-state index contributed by atoms with van der Waals surface area (Å²) in [6.45, 7) is 8.54. The quantitative estimate of drug-likeness (QED) is 0.361. The molecule has 0 radical (unpaired) electrons. The molecule has 4 N–H and O–H groups in total. The Morgan fingerprint density at radius 2 is 2.00 bits per heavy atom. The highest BCUT2D eigenvalue weighted by atomic mass is 16.5. The Morgan fingerprint density at radius 1 is 1.26 bits per heavy atom. The van der Waals surface area contributed by atoms with E-state index < -0.39 is 0 Å². The number of unbranched alkanes of at least 4 members (excludes halogenated alkanes) is 1. The summed E-state index contributed by atoms with van der Waals surface area (Å²) in [7, 11) is 0. The second kappa shape index (κ2) is 8.66. The fourth-order valence-corrected chi connectivity index (χ4v) is 1.79. The van der Waals surface area contributed by atoms with Gasteiger partial charge in [0, 0.05) is 18.7 Å². The number of hydrazine groups is 1. The van der Waals surface area contributed by atoms with Gasteiger partial charge in [0.15, 0.2) is 0 Å². The number of ether oxygens (including phenoxy) is 1. The van der Waals surface area contributed by atoms with Crippen molar-refractivity contribution >= 4 is 11.6 Å². The SMILES string of the molecule is CCCCOCCNc1ncnc(NN)c1C(C)C. The molecule has 0 unspecified atom stereocenters. The fourth-order valence-electron chi connectivity index (χ4n) is 1.79. The summed E-state index contributed by atoms with van der Waals surface area (Å²) in [6, 6.07) is 0. The molecule has 6 heteroatoms. The molecule has 0 saturated carbocycles. The van der Waals surface area contributed by atoms with Crippen LogP contribution in [-0.4, -0.2) is 29.7 Å². The van der Waals surface area contributed by atoms with Crippen LogP contribution in [0.5, 0.6) is 0 Å². The molecule has 1 heterocycles. The number of anilines is 2. The molecule has 0 fully saturated rings. The van der Waals surface area contributed by atoms with Crippen molar-refractivity contribution in [2.45, 2.75) is 39.5 Å². The first-order valence-corrected chi connectivity index (χ1v) is 6.83. The van der Waals surface area contributed by atoms with Gasteiger partial charge in [-0.15, -0.1) is 0 Å². The molecule has 19 heavy (non-hydrogen) atoms. The summed E-state index contributed by atoms with van der Waals surface area (Å²) >= 11 is 0. The van der Waals surface area contributed by atoms with Gasteiger partial charge in [-0.1, -0.05) is 27.2 Å². The first kappa shape index (κ1) is 15.7. The summed E-state index contributed by atoms with van der Waals surface area (Å²) in [5.74, 6) is 7.24. The van der Waals surface area contributed by atoms with Crippen molar-refractivity contribution in [3.8, 4) is 0 Å². The van der Waals surface area contributed by atoms with Gasteiger partial charge in [-0.25, -0.2) is 15.8 Å². The Morgan fingerprint density at radius 3 is 2.63 bits per heavy atom. The van der Waals surface area contributed by atoms with Gasteiger partial charge in [0.2, 0.25) is 0 Å². The van der Waals surface area contributed by atoms with Gasteiger partial charge in [-0.05, 0) is 12.3 Å². The summed E-state index contributed by atoms with van der Waals surface area (Å²) in [5.41, 5.74) is 3.61. The topological polar surface area (TPSA) is 85.1 Å². The molecule has 0 atom stereocenters. The van der Waals surface area contributed by atoms with Crippen molar-refractivity contribution in [1.82, 2.24) is 9.97 Å². The van der Waals surface area contributed by atoms with E-state index in [0.29, 0.717) is 12.4 Å². The summed E-state index contributed by atoms with van der Waals surface area (Å²) < 4.78 is 5.51. The molecule has 1 aromatic rings. The Kier molecular flexibility index (Phi) is 7.14. The Bertz CT molecular complexity index is 370. The van der Waals surface area contributed by atoms with E-state index in [1.165, 1.54) is 6.33 Å². The van der Waals surface area contributed by atoms with Crippen molar-refractivity contribution in [1.29, 1.82) is 0 Å². The molecule has 6 nitrogen and oxygen atoms in total. The average molecular weight is 267 g/mol. The molecule has 0 saturated heterocycles. The van der Waals surface area contributed by atoms with E-state index >= 15 is 0 Å². The first-order chi connectivity index (χ1) is 9.20. The van der Waals surface area contributed by atoms with Crippen molar-refractivity contribution in [2.24, 2.45) is 5.84 Å². The second-order valence-corrected chi connectivity index (χ2v) is 4.68. The van der Waals surface area contributed by atoms with Gasteiger partial charge >= 0.3 is 0 Å². The number of rotatable bonds is 9. The van der Waals surface area contributed by atoms with E-state index in [2.05, 4.69) is 41.5 Å². The number of nitrogens with two attached hydrogens (primary N) is 1. The van der Waals surface area contributed by atoms with E-state index in [4.69, 9.17) is 10.6 Å². The molecule has 0 aromatic carbocycles. The minimum absolute atomic E-state index is 0.288. The third-order valence-electron chi connectivity index (χ3n) is 2.78. The standard InChI is InChI=1S/C13H25N5O/c1-4-5-7-19-8-6-15-12-11(10(2)3)13(18-14)17-9-16-12/h9-10H,4-8,14H2,1-3H3,(H2,15,16,17,18). The van der Waals surface area contributed by atoms with E-state index in [1.807, 2.05) is 0 Å². The largest absolute Gasteiger partial charge is 0.380 e. The van der Waals surface area contributed by atoms with Gasteiger partial charge in [-0.2, -0.15) is 0 Å². The van der Waals surface area contributed by atoms with Gasteiger partial charge in [0.25, 0.3) is 0 Å². The molecule has 1 rings (SSSR count). The molecule has 0 aliphatic heterocycles. The number of hydrogen-bond donors (Lipinski definition) is 3. The molecule has 108 valence electrons. The third-order valence-corrected chi connectivity index (χ3v) is 2.78. The lowest BCUT2D eigenvalue weighted by Gasteiger charge is -2.16. The molecule has 0 aliphatic carbocycles. The van der Waals surface area contributed by atoms with Crippen LogP contribution in [-0.2, 0) is 4.74 Å². The van der Waals surface area contributed by atoms with Crippen LogP contribution in [0.15, 0.2) is 6.33 Å². The number of nitrogens with one attached hydrogen (secondary N) is 2. The summed E-state index contributed by atoms with van der Waals surface area (Å²) in [5, 5.41) is 3.27. The van der Waals surface area contributed by atoms with Crippen molar-refractivity contribution < 1.29 is 4.74 Å². The zero-order valence-electron chi connectivity index (χ0n) is 12.1. The van der Waals surface area contributed by atoms with Crippen LogP contribution in [0.3, 0.4) is 0 Å². The normalized spacial score (nSPS) is 10.8. The van der Waals surface area contributed by atoms with Crippen LogP contribution in [0.25, 0.3) is 0 Å². The van der Waals surface area contributed by atoms with Crippen LogP contribution < -0.4 is 16.6 Å². The Balaban J connectivity index is 2.53. The molecule has 0 spiro atoms. The molecule has 0 aliphatic rings. The second-order valence-electron chi connectivity index (χ2n) is 4.68. The Labute approximate surface area is 115 Å². The van der Waals surface area contributed by atoms with Crippen molar-refractivity contribution in [3.63, 3.8) is 0 Å². The third kappa shape index (κ3) is 5.00. The average Bonchev–Trinajstić information content (AvgIpc) is 2.42. The summed E-state index contributed by atoms with van der Waals surface area (Å²) in [6.07, 6.45) is 3.76. The van der Waals surface area contributed by atoms with Crippen molar-refractivity contribution in [2.75, 3.05) is 30.5 Å². The molecular formula is C13H25N5O. The van der Waals surface area contributed by atoms with Gasteiger partial charge in [-0.3, -0.25) is 0 Å². The highest BCUT2D eigenvalue weighted by molar-refractivity contribution is 5.58. The van der Waals surface area contributed by atoms with E-state index in [9.17, 15) is 0 Å². The minimum atomic E-state index is 0.288. The van der Waals surface area contributed by atoms with E-state index in [-0.39, 0.29) is 5.92 Å². The Hall–Kier alpha value is -1.40. The number of hydrogen-bond acceptors (Lipinski definition) is 6. The van der Waals surface area contributed by atoms with E-state index in [1.54, 1.807) is 0 Å². The molecule has 0 amide bonds. The lowest BCUT2D eigenvalue weighted by molar-refractivity contribution is 0.141. The van der Waals surface area contributed by atoms with Crippen LogP contribution >= 0.6 is 0 Å². The zero-order chi connectivity index (χ0) is 14.1. The number of nitrogen functional groups attached to an aromatic ring is 1. The minimum Gasteiger partial charge on any atom is -0.380 e. The smallest absolute Gasteiger partial charge is 0.148 e. The van der Waals surface area contributed by atoms with Gasteiger partial charge in [0.05, 0.1) is 6.61 Å². The maximum atomic E-state index is 5.51. The fraction of sp³-hybridized carbons (Fsp3) is 0.692. The molecular weight excluding hydrogens is 242 g/mol. The van der Waals surface area contributed by atoms with Gasteiger partial charge < -0.3 is 15.5 Å². The van der Waals surface area contributed by atoms with Crippen LogP contribution in [0.1, 0.15) is 45.1 Å². The highest BCUT2D eigenvalue weighted by Gasteiger charge is 2.13. The zero-order valence-corrected chi connectivity index (χ0v) is 12.1. The van der Waals surface area contributed by atoms with Crippen LogP contribution in [0, 0.1) is 0 Å². The van der Waals surface area contributed by atoms with Crippen LogP contribution in [0.2, 0.25) is 0 Å². The van der Waals surface area contributed by atoms with Gasteiger partial charge in [0.1, 0.15) is 18.0 Å². The number of aromatic nitrogens is 2. The maximum Gasteiger partial charge on any atom is 0.148 e. The predicted octanol–water partition coefficient (Wildman–Crippen LogP) is 2.11. The van der Waals surface area contributed by atoms with Crippen molar-refractivity contribution in [3.05, 3.63) is 11.9 Å². The lowest BCUT2D eigenvalue weighted by Crippen LogP contribution is -2.17. The highest BCUT2D eigenvalue weighted by Crippen LogP contribution is 2.27. The number of nitrogens with zero attached hydrogens (tertiary/aromatic N) is 2. The maximum absolute atomic E-state index is 5.51. The van der Waals surface area contributed by atoms with E-state index in [0.717, 1.165) is 37.4 Å². The predicted molar refractivity (Wildman–Crippen MR) is 78.1 cm³/mol. The lowest BCUT2D eigenvalue weighted by atomic mass is 10.0. The first-order valence-electron chi connectivity index (χ1n) is 6.83. The van der Waals surface area contributed by atoms with Crippen LogP contribution in [0.4, 0.5) is 11.6 Å². The summed E-state index contributed by atoms with van der Waals surface area (Å²) in [4.78, 5) is 8.40. The monoisotopic (exact) mass is 267 g/mol. The molecule has 1 aromatic heterocycles. The molecule has 0 bridgehead atoms.